The quantitative estimate of drug-likeness (QED) is 0.788. The Morgan fingerprint density at radius 2 is 2.09 bits per heavy atom. The van der Waals surface area contributed by atoms with Gasteiger partial charge >= 0.3 is 0 Å². The minimum Gasteiger partial charge on any atom is -0.327 e. The van der Waals surface area contributed by atoms with E-state index in [4.69, 9.17) is 0 Å². The molecule has 4 nitrogen and oxygen atoms in total. The number of fused-ring (bicyclic) bond motifs is 2. The summed E-state index contributed by atoms with van der Waals surface area (Å²) >= 11 is 1.04. The Morgan fingerprint density at radius 1 is 1.36 bits per heavy atom. The molecule has 1 saturated carbocycles. The molecule has 0 bridgehead atoms. The van der Waals surface area contributed by atoms with E-state index in [9.17, 15) is 18.4 Å². The number of halogens is 2. The van der Waals surface area contributed by atoms with Gasteiger partial charge in [0.2, 0.25) is 5.43 Å². The normalized spacial score (nSPS) is 14.8. The zero-order chi connectivity index (χ0) is 15.6. The summed E-state index contributed by atoms with van der Waals surface area (Å²) in [6.45, 7) is 3.53. The summed E-state index contributed by atoms with van der Waals surface area (Å²) in [5.41, 5.74) is -0.802. The van der Waals surface area contributed by atoms with Crippen molar-refractivity contribution in [2.45, 2.75) is 18.9 Å². The number of hydrogen-bond acceptors (Lipinski definition) is 3. The van der Waals surface area contributed by atoms with Crippen LogP contribution < -0.4 is 11.0 Å². The number of aromatic nitrogens is 2. The van der Waals surface area contributed by atoms with Crippen LogP contribution >= 0.6 is 11.5 Å². The van der Waals surface area contributed by atoms with Crippen LogP contribution in [0.3, 0.4) is 0 Å². The lowest BCUT2D eigenvalue weighted by Gasteiger charge is -2.14. The second kappa shape index (κ2) is 4.36. The SMILES string of the molecule is C=Cc1c(F)c(F)cc2c(=O)c3c(=O)[nH]sc3n(C3CC3)c12. The molecule has 22 heavy (non-hydrogen) atoms. The molecule has 2 heterocycles. The van der Waals surface area contributed by atoms with Gasteiger partial charge in [-0.2, -0.15) is 0 Å². The number of hydrogen-bond donors (Lipinski definition) is 1. The van der Waals surface area contributed by atoms with Gasteiger partial charge in [-0.25, -0.2) is 8.78 Å². The number of nitrogens with one attached hydrogen (secondary N) is 1. The minimum atomic E-state index is -1.12. The van der Waals surface area contributed by atoms with E-state index >= 15 is 0 Å². The van der Waals surface area contributed by atoms with Crippen LogP contribution in [-0.4, -0.2) is 8.94 Å². The molecule has 2 aromatic heterocycles. The van der Waals surface area contributed by atoms with Crippen molar-refractivity contribution in [3.05, 3.63) is 50.4 Å². The van der Waals surface area contributed by atoms with Crippen LogP contribution in [0.5, 0.6) is 0 Å². The average molecular weight is 320 g/mol. The van der Waals surface area contributed by atoms with Crippen LogP contribution in [0.15, 0.2) is 22.2 Å². The third kappa shape index (κ3) is 1.60. The Bertz CT molecular complexity index is 1070. The third-order valence-corrected chi connectivity index (χ3v) is 4.84. The van der Waals surface area contributed by atoms with E-state index in [1.165, 1.54) is 6.08 Å². The molecule has 0 saturated heterocycles. The molecule has 0 amide bonds. The Balaban J connectivity index is 2.40. The van der Waals surface area contributed by atoms with Gasteiger partial charge in [-0.1, -0.05) is 12.7 Å². The lowest BCUT2D eigenvalue weighted by Crippen LogP contribution is -2.16. The van der Waals surface area contributed by atoms with E-state index < -0.39 is 22.6 Å². The topological polar surface area (TPSA) is 54.9 Å². The van der Waals surface area contributed by atoms with Crippen LogP contribution in [0.4, 0.5) is 8.78 Å². The fraction of sp³-hybridized carbons (Fsp3) is 0.200. The van der Waals surface area contributed by atoms with Gasteiger partial charge in [-0.05, 0) is 30.4 Å². The molecule has 1 N–H and O–H groups in total. The summed E-state index contributed by atoms with van der Waals surface area (Å²) in [6, 6.07) is 0.954. The minimum absolute atomic E-state index is 0.00502. The maximum atomic E-state index is 14.1. The van der Waals surface area contributed by atoms with Crippen LogP contribution in [0.2, 0.25) is 0 Å². The number of benzene rings is 1. The van der Waals surface area contributed by atoms with Crippen molar-refractivity contribution in [3.8, 4) is 0 Å². The molecule has 1 fully saturated rings. The molecule has 0 unspecified atom stereocenters. The van der Waals surface area contributed by atoms with Gasteiger partial charge in [-0.3, -0.25) is 14.0 Å². The zero-order valence-electron chi connectivity index (χ0n) is 11.3. The summed E-state index contributed by atoms with van der Waals surface area (Å²) < 4.78 is 32.2. The third-order valence-electron chi connectivity index (χ3n) is 3.96. The standard InChI is InChI=1S/C15H10F2N2O2S/c1-2-7-11(17)9(16)5-8-12(7)19(6-3-4-6)15-10(13(8)20)14(21)18-22-15/h2,5-6H,1,3-4H2,(H,18,21). The van der Waals surface area contributed by atoms with E-state index in [-0.39, 0.29) is 22.4 Å². The van der Waals surface area contributed by atoms with E-state index in [1.54, 1.807) is 4.57 Å². The summed E-state index contributed by atoms with van der Waals surface area (Å²) in [4.78, 5) is 24.9. The highest BCUT2D eigenvalue weighted by Crippen LogP contribution is 2.41. The Hall–Kier alpha value is -2.28. The van der Waals surface area contributed by atoms with Crippen molar-refractivity contribution in [2.24, 2.45) is 0 Å². The molecule has 112 valence electrons. The van der Waals surface area contributed by atoms with Crippen molar-refractivity contribution < 1.29 is 8.78 Å². The lowest BCUT2D eigenvalue weighted by atomic mass is 10.1. The van der Waals surface area contributed by atoms with Crippen molar-refractivity contribution in [1.82, 2.24) is 8.94 Å². The zero-order valence-corrected chi connectivity index (χ0v) is 12.1. The second-order valence-corrected chi connectivity index (χ2v) is 6.12. The van der Waals surface area contributed by atoms with Gasteiger partial charge in [0.25, 0.3) is 5.56 Å². The largest absolute Gasteiger partial charge is 0.327 e. The van der Waals surface area contributed by atoms with Gasteiger partial charge in [0.1, 0.15) is 10.2 Å². The van der Waals surface area contributed by atoms with Crippen molar-refractivity contribution in [1.29, 1.82) is 0 Å². The van der Waals surface area contributed by atoms with Gasteiger partial charge in [-0.15, -0.1) is 0 Å². The molecule has 0 aliphatic heterocycles. The van der Waals surface area contributed by atoms with Gasteiger partial charge in [0.15, 0.2) is 11.6 Å². The Morgan fingerprint density at radius 3 is 2.73 bits per heavy atom. The van der Waals surface area contributed by atoms with Gasteiger partial charge < -0.3 is 4.57 Å². The predicted molar refractivity (Wildman–Crippen MR) is 82.5 cm³/mol. The van der Waals surface area contributed by atoms with Crippen molar-refractivity contribution in [2.75, 3.05) is 0 Å². The van der Waals surface area contributed by atoms with E-state index in [0.717, 1.165) is 30.4 Å². The molecular formula is C15H10F2N2O2S. The molecule has 0 radical (unpaired) electrons. The molecule has 0 spiro atoms. The highest BCUT2D eigenvalue weighted by molar-refractivity contribution is 7.12. The average Bonchev–Trinajstić information content (AvgIpc) is 3.25. The molecule has 7 heteroatoms. The molecule has 0 atom stereocenters. The second-order valence-electron chi connectivity index (χ2n) is 5.33. The number of rotatable bonds is 2. The summed E-state index contributed by atoms with van der Waals surface area (Å²) in [7, 11) is 0. The predicted octanol–water partition coefficient (Wildman–Crippen LogP) is 3.16. The fourth-order valence-corrected chi connectivity index (χ4v) is 3.75. The van der Waals surface area contributed by atoms with E-state index in [2.05, 4.69) is 11.0 Å². The first-order valence-corrected chi connectivity index (χ1v) is 7.56. The van der Waals surface area contributed by atoms with Gasteiger partial charge in [0.05, 0.1) is 10.9 Å². The number of pyridine rings is 1. The molecular weight excluding hydrogens is 310 g/mol. The first kappa shape index (κ1) is 13.4. The summed E-state index contributed by atoms with van der Waals surface area (Å²) in [5.74, 6) is -2.15. The molecule has 3 aromatic rings. The fourth-order valence-electron chi connectivity index (χ4n) is 2.84. The highest BCUT2D eigenvalue weighted by Gasteiger charge is 2.30. The number of H-pyrrole nitrogens is 1. The van der Waals surface area contributed by atoms with Crippen LogP contribution in [-0.2, 0) is 0 Å². The number of nitrogens with zero attached hydrogens (tertiary/aromatic N) is 1. The summed E-state index contributed by atoms with van der Waals surface area (Å²) in [5, 5.41) is 0.0162. The Kier molecular flexibility index (Phi) is 2.65. The van der Waals surface area contributed by atoms with E-state index in [1.807, 2.05) is 0 Å². The van der Waals surface area contributed by atoms with Crippen LogP contribution in [0, 0.1) is 11.6 Å². The smallest absolute Gasteiger partial charge is 0.271 e. The van der Waals surface area contributed by atoms with Crippen LogP contribution in [0.25, 0.3) is 27.2 Å². The first-order chi connectivity index (χ1) is 10.5. The lowest BCUT2D eigenvalue weighted by molar-refractivity contribution is 0.508. The van der Waals surface area contributed by atoms with Crippen molar-refractivity contribution in [3.63, 3.8) is 0 Å². The number of aromatic amines is 1. The summed E-state index contributed by atoms with van der Waals surface area (Å²) in [6.07, 6.45) is 2.95. The van der Waals surface area contributed by atoms with Gasteiger partial charge in [0, 0.05) is 11.6 Å². The van der Waals surface area contributed by atoms with E-state index in [0.29, 0.717) is 10.3 Å². The highest BCUT2D eigenvalue weighted by atomic mass is 32.1. The first-order valence-electron chi connectivity index (χ1n) is 6.74. The molecule has 4 rings (SSSR count). The monoisotopic (exact) mass is 320 g/mol. The Labute approximate surface area is 126 Å². The maximum Gasteiger partial charge on any atom is 0.271 e. The maximum absolute atomic E-state index is 14.1. The van der Waals surface area contributed by atoms with Crippen LogP contribution in [0.1, 0.15) is 24.4 Å². The molecule has 1 aliphatic rings. The van der Waals surface area contributed by atoms with Crippen molar-refractivity contribution >= 4 is 38.7 Å². The molecule has 1 aliphatic carbocycles. The molecule has 1 aromatic carbocycles.